The van der Waals surface area contributed by atoms with Crippen molar-refractivity contribution < 1.29 is 0 Å². The van der Waals surface area contributed by atoms with E-state index in [0.717, 1.165) is 31.0 Å². The number of rotatable bonds is 8. The van der Waals surface area contributed by atoms with Gasteiger partial charge in [-0.3, -0.25) is 4.68 Å². The van der Waals surface area contributed by atoms with Crippen LogP contribution in [0.4, 0.5) is 0 Å². The summed E-state index contributed by atoms with van der Waals surface area (Å²) in [5.41, 5.74) is 3.78. The highest BCUT2D eigenvalue weighted by molar-refractivity contribution is 5.79. The number of aromatic nitrogens is 2. The first-order chi connectivity index (χ1) is 13.7. The van der Waals surface area contributed by atoms with Gasteiger partial charge in [-0.15, -0.1) is 0 Å². The van der Waals surface area contributed by atoms with Gasteiger partial charge in [0.2, 0.25) is 0 Å². The van der Waals surface area contributed by atoms with E-state index >= 15 is 0 Å². The molecule has 1 aromatic heterocycles. The molecular formula is C23H29N5. The van der Waals surface area contributed by atoms with Gasteiger partial charge in [0.15, 0.2) is 5.96 Å². The number of nitrogens with one attached hydrogen (secondary N) is 2. The molecule has 2 aromatic carbocycles. The Kier molecular flexibility index (Phi) is 7.24. The smallest absolute Gasteiger partial charge is 0.191 e. The van der Waals surface area contributed by atoms with Crippen LogP contribution in [0.3, 0.4) is 0 Å². The second kappa shape index (κ2) is 10.3. The maximum atomic E-state index is 4.71. The monoisotopic (exact) mass is 375 g/mol. The van der Waals surface area contributed by atoms with Crippen LogP contribution in [0.25, 0.3) is 0 Å². The zero-order valence-corrected chi connectivity index (χ0v) is 16.7. The van der Waals surface area contributed by atoms with Crippen molar-refractivity contribution in [1.82, 2.24) is 20.4 Å². The van der Waals surface area contributed by atoms with Crippen LogP contribution in [-0.2, 0) is 20.0 Å². The molecule has 0 amide bonds. The molecule has 5 nitrogen and oxygen atoms in total. The second-order valence-electron chi connectivity index (χ2n) is 6.90. The fourth-order valence-corrected chi connectivity index (χ4v) is 3.22. The molecule has 1 unspecified atom stereocenters. The summed E-state index contributed by atoms with van der Waals surface area (Å²) in [7, 11) is 1.92. The summed E-state index contributed by atoms with van der Waals surface area (Å²) in [6.07, 6.45) is 4.84. The van der Waals surface area contributed by atoms with E-state index in [9.17, 15) is 0 Å². The van der Waals surface area contributed by atoms with Crippen molar-refractivity contribution >= 4 is 5.96 Å². The highest BCUT2D eigenvalue weighted by atomic mass is 15.2. The molecule has 0 saturated carbocycles. The van der Waals surface area contributed by atoms with Gasteiger partial charge in [0.25, 0.3) is 0 Å². The van der Waals surface area contributed by atoms with E-state index in [1.807, 2.05) is 19.4 Å². The molecule has 3 rings (SSSR count). The molecule has 0 aliphatic heterocycles. The quantitative estimate of drug-likeness (QED) is 0.468. The highest BCUT2D eigenvalue weighted by Gasteiger charge is 2.13. The Bertz CT molecular complexity index is 855. The topological polar surface area (TPSA) is 54.2 Å². The number of nitrogens with zero attached hydrogens (tertiary/aromatic N) is 3. The maximum Gasteiger partial charge on any atom is 0.191 e. The number of aryl methyl sites for hydroxylation is 1. The zero-order valence-electron chi connectivity index (χ0n) is 16.7. The van der Waals surface area contributed by atoms with Crippen molar-refractivity contribution in [2.75, 3.05) is 13.1 Å². The Morgan fingerprint density at radius 3 is 2.36 bits per heavy atom. The van der Waals surface area contributed by atoms with Gasteiger partial charge in [0.1, 0.15) is 0 Å². The van der Waals surface area contributed by atoms with Gasteiger partial charge in [-0.1, -0.05) is 60.7 Å². The van der Waals surface area contributed by atoms with Gasteiger partial charge in [0, 0.05) is 37.8 Å². The van der Waals surface area contributed by atoms with Gasteiger partial charge >= 0.3 is 0 Å². The summed E-state index contributed by atoms with van der Waals surface area (Å²) in [6.45, 7) is 4.34. The van der Waals surface area contributed by atoms with Crippen molar-refractivity contribution in [2.24, 2.45) is 12.0 Å². The standard InChI is InChI=1S/C23H29N5/c1-3-24-23(25-15-20-16-27-28(2)18-20)26-17-22(21-12-8-5-9-13-21)14-19-10-6-4-7-11-19/h4-13,16,18,22H,3,14-15,17H2,1-2H3,(H2,24,25,26). The predicted octanol–water partition coefficient (Wildman–Crippen LogP) is 3.50. The fourth-order valence-electron chi connectivity index (χ4n) is 3.22. The molecule has 1 atom stereocenters. The van der Waals surface area contributed by atoms with E-state index in [0.29, 0.717) is 12.5 Å². The molecule has 0 aliphatic rings. The molecule has 0 saturated heterocycles. The fraction of sp³-hybridized carbons (Fsp3) is 0.304. The molecular weight excluding hydrogens is 346 g/mol. The molecule has 5 heteroatoms. The summed E-state index contributed by atoms with van der Waals surface area (Å²) in [6, 6.07) is 21.3. The first kappa shape index (κ1) is 19.7. The van der Waals surface area contributed by atoms with Crippen LogP contribution < -0.4 is 10.6 Å². The number of hydrogen-bond acceptors (Lipinski definition) is 2. The minimum Gasteiger partial charge on any atom is -0.357 e. The second-order valence-corrected chi connectivity index (χ2v) is 6.90. The van der Waals surface area contributed by atoms with Crippen LogP contribution in [0.5, 0.6) is 0 Å². The van der Waals surface area contributed by atoms with Crippen LogP contribution in [0.1, 0.15) is 29.5 Å². The molecule has 0 spiro atoms. The molecule has 0 fully saturated rings. The average Bonchev–Trinajstić information content (AvgIpc) is 3.15. The zero-order chi connectivity index (χ0) is 19.6. The lowest BCUT2D eigenvalue weighted by molar-refractivity contribution is 0.645. The lowest BCUT2D eigenvalue weighted by Gasteiger charge is -2.20. The van der Waals surface area contributed by atoms with Gasteiger partial charge in [-0.2, -0.15) is 5.10 Å². The van der Waals surface area contributed by atoms with Crippen LogP contribution in [-0.4, -0.2) is 28.8 Å². The number of aliphatic imine (C=N–C) groups is 1. The van der Waals surface area contributed by atoms with Crippen molar-refractivity contribution in [3.05, 3.63) is 89.7 Å². The Balaban J connectivity index is 1.69. The van der Waals surface area contributed by atoms with E-state index in [2.05, 4.69) is 83.3 Å². The SMILES string of the molecule is CCNC(=NCc1cnn(C)c1)NCC(Cc1ccccc1)c1ccccc1. The Hall–Kier alpha value is -3.08. The van der Waals surface area contributed by atoms with Gasteiger partial charge < -0.3 is 10.6 Å². The summed E-state index contributed by atoms with van der Waals surface area (Å²) < 4.78 is 1.80. The molecule has 28 heavy (non-hydrogen) atoms. The lowest BCUT2D eigenvalue weighted by Crippen LogP contribution is -2.39. The molecule has 3 aromatic rings. The summed E-state index contributed by atoms with van der Waals surface area (Å²) >= 11 is 0. The van der Waals surface area contributed by atoms with E-state index in [4.69, 9.17) is 4.99 Å². The molecule has 0 bridgehead atoms. The molecule has 146 valence electrons. The van der Waals surface area contributed by atoms with Gasteiger partial charge in [-0.05, 0) is 24.5 Å². The molecule has 0 aliphatic carbocycles. The predicted molar refractivity (Wildman–Crippen MR) is 115 cm³/mol. The van der Waals surface area contributed by atoms with Gasteiger partial charge in [-0.25, -0.2) is 4.99 Å². The highest BCUT2D eigenvalue weighted by Crippen LogP contribution is 2.20. The summed E-state index contributed by atoms with van der Waals surface area (Å²) in [5, 5.41) is 11.1. The minimum atomic E-state index is 0.367. The third-order valence-electron chi connectivity index (χ3n) is 4.63. The minimum absolute atomic E-state index is 0.367. The molecule has 2 N–H and O–H groups in total. The van der Waals surface area contributed by atoms with Crippen LogP contribution in [0, 0.1) is 0 Å². The Morgan fingerprint density at radius 1 is 1.00 bits per heavy atom. The number of guanidine groups is 1. The first-order valence-electron chi connectivity index (χ1n) is 9.83. The molecule has 0 radical (unpaired) electrons. The Morgan fingerprint density at radius 2 is 1.71 bits per heavy atom. The van der Waals surface area contributed by atoms with Crippen molar-refractivity contribution in [1.29, 1.82) is 0 Å². The normalized spacial score (nSPS) is 12.6. The summed E-state index contributed by atoms with van der Waals surface area (Å²) in [4.78, 5) is 4.71. The third kappa shape index (κ3) is 5.98. The Labute approximate surface area is 167 Å². The average molecular weight is 376 g/mol. The lowest BCUT2D eigenvalue weighted by atomic mass is 9.92. The first-order valence-corrected chi connectivity index (χ1v) is 9.83. The number of hydrogen-bond donors (Lipinski definition) is 2. The van der Waals surface area contributed by atoms with E-state index in [-0.39, 0.29) is 0 Å². The molecule has 1 heterocycles. The van der Waals surface area contributed by atoms with E-state index in [1.54, 1.807) is 4.68 Å². The van der Waals surface area contributed by atoms with Crippen LogP contribution in [0.15, 0.2) is 78.0 Å². The van der Waals surface area contributed by atoms with Crippen molar-refractivity contribution in [3.8, 4) is 0 Å². The van der Waals surface area contributed by atoms with E-state index in [1.165, 1.54) is 11.1 Å². The summed E-state index contributed by atoms with van der Waals surface area (Å²) in [5.74, 6) is 1.20. The van der Waals surface area contributed by atoms with Crippen molar-refractivity contribution in [2.45, 2.75) is 25.8 Å². The third-order valence-corrected chi connectivity index (χ3v) is 4.63. The van der Waals surface area contributed by atoms with Crippen LogP contribution >= 0.6 is 0 Å². The van der Waals surface area contributed by atoms with Crippen LogP contribution in [0.2, 0.25) is 0 Å². The largest absolute Gasteiger partial charge is 0.357 e. The van der Waals surface area contributed by atoms with Crippen molar-refractivity contribution in [3.63, 3.8) is 0 Å². The number of benzene rings is 2. The maximum absolute atomic E-state index is 4.71. The van der Waals surface area contributed by atoms with Gasteiger partial charge in [0.05, 0.1) is 12.7 Å². The van der Waals surface area contributed by atoms with E-state index < -0.39 is 0 Å².